The van der Waals surface area contributed by atoms with Gasteiger partial charge < -0.3 is 42.6 Å². The summed E-state index contributed by atoms with van der Waals surface area (Å²) in [4.78, 5) is 75.7. The molecule has 2 aromatic rings. The summed E-state index contributed by atoms with van der Waals surface area (Å²) in [6.45, 7) is 3.45. The molecule has 1 aromatic carbocycles. The van der Waals surface area contributed by atoms with Crippen LogP contribution in [0.25, 0.3) is 10.9 Å². The molecule has 4 amide bonds. The highest BCUT2D eigenvalue weighted by molar-refractivity contribution is 5.97. The molecule has 0 aliphatic rings. The zero-order chi connectivity index (χ0) is 28.6. The van der Waals surface area contributed by atoms with E-state index < -0.39 is 72.6 Å². The third-order valence-corrected chi connectivity index (χ3v) is 5.78. The number of hydrogen-bond donors (Lipinski definition) is 8. The number of nitrogens with one attached hydrogen (secondary N) is 4. The third kappa shape index (κ3) is 8.30. The van der Waals surface area contributed by atoms with Crippen molar-refractivity contribution in [3.05, 3.63) is 36.0 Å². The second kappa shape index (κ2) is 13.2. The van der Waals surface area contributed by atoms with Crippen molar-refractivity contribution < 1.29 is 39.0 Å². The van der Waals surface area contributed by atoms with Gasteiger partial charge in [0.25, 0.3) is 0 Å². The Hall–Kier alpha value is -4.46. The molecule has 0 aliphatic carbocycles. The standard InChI is InChI=1S/C24H32N6O8/c1-11(2)20(26)23(36)29-15(7-12-10-27-14-6-4-3-5-13(12)14)21(34)28-16(8-18(25)31)22(35)30-17(24(37)38)9-19(32)33/h3-6,10-11,15-17,20,27H,7-9,26H2,1-2H3,(H2,25,31)(H,28,34)(H,29,36)(H,30,35)(H,32,33)(H,37,38). The predicted octanol–water partition coefficient (Wildman–Crippen LogP) is -1.42. The molecule has 14 heteroatoms. The molecule has 0 saturated heterocycles. The van der Waals surface area contributed by atoms with E-state index in [0.29, 0.717) is 5.56 Å². The minimum Gasteiger partial charge on any atom is -0.481 e. The fraction of sp³-hybridized carbons (Fsp3) is 0.417. The number of para-hydroxylation sites is 1. The molecule has 10 N–H and O–H groups in total. The van der Waals surface area contributed by atoms with Crippen LogP contribution in [0, 0.1) is 5.92 Å². The topological polar surface area (TPSA) is 247 Å². The van der Waals surface area contributed by atoms with Crippen molar-refractivity contribution in [3.8, 4) is 0 Å². The first-order chi connectivity index (χ1) is 17.8. The molecule has 4 unspecified atom stereocenters. The van der Waals surface area contributed by atoms with Gasteiger partial charge in [-0.1, -0.05) is 32.0 Å². The number of H-pyrrole nitrogens is 1. The number of nitrogens with two attached hydrogens (primary N) is 2. The minimum atomic E-state index is -1.82. The molecule has 0 spiro atoms. The molecule has 0 saturated carbocycles. The van der Waals surface area contributed by atoms with Crippen LogP contribution in [0.3, 0.4) is 0 Å². The number of primary amides is 1. The van der Waals surface area contributed by atoms with Crippen LogP contribution in [0.5, 0.6) is 0 Å². The molecule has 14 nitrogen and oxygen atoms in total. The van der Waals surface area contributed by atoms with Gasteiger partial charge in [-0.05, 0) is 17.5 Å². The van der Waals surface area contributed by atoms with Crippen LogP contribution in [-0.2, 0) is 35.2 Å². The lowest BCUT2D eigenvalue weighted by Crippen LogP contribution is -2.58. The van der Waals surface area contributed by atoms with Crippen LogP contribution in [0.2, 0.25) is 0 Å². The molecule has 1 heterocycles. The average Bonchev–Trinajstić information content (AvgIpc) is 3.24. The largest absolute Gasteiger partial charge is 0.481 e. The maximum atomic E-state index is 13.3. The quantitative estimate of drug-likeness (QED) is 0.142. The van der Waals surface area contributed by atoms with E-state index in [1.165, 1.54) is 0 Å². The Morgan fingerprint density at radius 3 is 2.03 bits per heavy atom. The second-order valence-corrected chi connectivity index (χ2v) is 9.12. The second-order valence-electron chi connectivity index (χ2n) is 9.12. The normalized spacial score (nSPS) is 14.2. The van der Waals surface area contributed by atoms with Crippen LogP contribution in [-0.4, -0.2) is 74.9 Å². The maximum Gasteiger partial charge on any atom is 0.326 e. The summed E-state index contributed by atoms with van der Waals surface area (Å²) in [6.07, 6.45) is -0.00853. The van der Waals surface area contributed by atoms with E-state index in [9.17, 15) is 33.9 Å². The highest BCUT2D eigenvalue weighted by Gasteiger charge is 2.32. The number of aromatic nitrogens is 1. The Balaban J connectivity index is 2.32. The number of carboxylic acids is 2. The Morgan fingerprint density at radius 1 is 0.868 bits per heavy atom. The van der Waals surface area contributed by atoms with Gasteiger partial charge in [-0.15, -0.1) is 0 Å². The van der Waals surface area contributed by atoms with Crippen molar-refractivity contribution in [2.75, 3.05) is 0 Å². The maximum absolute atomic E-state index is 13.3. The van der Waals surface area contributed by atoms with Crippen LogP contribution in [0.1, 0.15) is 32.3 Å². The molecular weight excluding hydrogens is 500 g/mol. The van der Waals surface area contributed by atoms with E-state index in [1.807, 2.05) is 23.5 Å². The molecule has 1 aromatic heterocycles. The Bertz CT molecular complexity index is 1210. The number of aromatic amines is 1. The first kappa shape index (κ1) is 29.8. The Morgan fingerprint density at radius 2 is 1.45 bits per heavy atom. The summed E-state index contributed by atoms with van der Waals surface area (Å²) in [6, 6.07) is 1.60. The van der Waals surface area contributed by atoms with Gasteiger partial charge in [0.15, 0.2) is 0 Å². The number of carbonyl (C=O) groups is 6. The highest BCUT2D eigenvalue weighted by atomic mass is 16.4. The van der Waals surface area contributed by atoms with Gasteiger partial charge in [-0.2, -0.15) is 0 Å². The van der Waals surface area contributed by atoms with Crippen LogP contribution >= 0.6 is 0 Å². The third-order valence-electron chi connectivity index (χ3n) is 5.78. The fourth-order valence-electron chi connectivity index (χ4n) is 3.63. The van der Waals surface area contributed by atoms with Crippen molar-refractivity contribution in [1.29, 1.82) is 0 Å². The summed E-state index contributed by atoms with van der Waals surface area (Å²) < 4.78 is 0. The van der Waals surface area contributed by atoms with Crippen LogP contribution < -0.4 is 27.4 Å². The Kier molecular flexibility index (Phi) is 10.3. The first-order valence-corrected chi connectivity index (χ1v) is 11.7. The van der Waals surface area contributed by atoms with Crippen molar-refractivity contribution in [2.45, 2.75) is 57.3 Å². The molecule has 0 fully saturated rings. The summed E-state index contributed by atoms with van der Waals surface area (Å²) in [5.74, 6) is -6.98. The predicted molar refractivity (Wildman–Crippen MR) is 134 cm³/mol. The van der Waals surface area contributed by atoms with Gasteiger partial charge in [-0.3, -0.25) is 24.0 Å². The van der Waals surface area contributed by atoms with Crippen molar-refractivity contribution in [2.24, 2.45) is 17.4 Å². The van der Waals surface area contributed by atoms with Gasteiger partial charge in [-0.25, -0.2) is 4.79 Å². The summed E-state index contributed by atoms with van der Waals surface area (Å²) in [5.41, 5.74) is 12.6. The zero-order valence-corrected chi connectivity index (χ0v) is 20.9. The van der Waals surface area contributed by atoms with Crippen molar-refractivity contribution in [3.63, 3.8) is 0 Å². The van der Waals surface area contributed by atoms with Crippen LogP contribution in [0.4, 0.5) is 0 Å². The molecule has 38 heavy (non-hydrogen) atoms. The number of carbonyl (C=O) groups excluding carboxylic acids is 4. The summed E-state index contributed by atoms with van der Waals surface area (Å²) >= 11 is 0. The SMILES string of the molecule is CC(C)C(N)C(=O)NC(Cc1c[nH]c2ccccc12)C(=O)NC(CC(N)=O)C(=O)NC(CC(=O)O)C(=O)O. The van der Waals surface area contributed by atoms with Gasteiger partial charge in [0.05, 0.1) is 18.9 Å². The van der Waals surface area contributed by atoms with E-state index in [4.69, 9.17) is 16.6 Å². The van der Waals surface area contributed by atoms with Crippen molar-refractivity contribution in [1.82, 2.24) is 20.9 Å². The molecule has 0 bridgehead atoms. The number of aliphatic carboxylic acids is 2. The fourth-order valence-corrected chi connectivity index (χ4v) is 3.63. The van der Waals surface area contributed by atoms with Gasteiger partial charge in [0, 0.05) is 23.5 Å². The van der Waals surface area contributed by atoms with Gasteiger partial charge in [0.1, 0.15) is 18.1 Å². The Labute approximate surface area is 217 Å². The van der Waals surface area contributed by atoms with Crippen LogP contribution in [0.15, 0.2) is 30.5 Å². The molecule has 2 rings (SSSR count). The lowest BCUT2D eigenvalue weighted by atomic mass is 10.0. The smallest absolute Gasteiger partial charge is 0.326 e. The molecular formula is C24H32N6O8. The van der Waals surface area contributed by atoms with E-state index >= 15 is 0 Å². The van der Waals surface area contributed by atoms with E-state index in [1.54, 1.807) is 26.1 Å². The molecule has 206 valence electrons. The number of rotatable bonds is 14. The lowest BCUT2D eigenvalue weighted by molar-refractivity contribution is -0.147. The number of fused-ring (bicyclic) bond motifs is 1. The molecule has 4 atom stereocenters. The highest BCUT2D eigenvalue weighted by Crippen LogP contribution is 2.19. The number of amides is 4. The number of hydrogen-bond acceptors (Lipinski definition) is 7. The van der Waals surface area contributed by atoms with Gasteiger partial charge >= 0.3 is 11.9 Å². The molecule has 0 radical (unpaired) electrons. The summed E-state index contributed by atoms with van der Waals surface area (Å²) in [7, 11) is 0. The van der Waals surface area contributed by atoms with E-state index in [-0.39, 0.29) is 12.3 Å². The number of carboxylic acid groups (broad SMARTS) is 2. The first-order valence-electron chi connectivity index (χ1n) is 11.7. The minimum absolute atomic E-state index is 0.0198. The average molecular weight is 533 g/mol. The molecule has 0 aliphatic heterocycles. The summed E-state index contributed by atoms with van der Waals surface area (Å²) in [5, 5.41) is 25.8. The number of benzene rings is 1. The van der Waals surface area contributed by atoms with E-state index in [2.05, 4.69) is 15.6 Å². The monoisotopic (exact) mass is 532 g/mol. The van der Waals surface area contributed by atoms with Gasteiger partial charge in [0.2, 0.25) is 23.6 Å². The van der Waals surface area contributed by atoms with Crippen molar-refractivity contribution >= 4 is 46.5 Å². The zero-order valence-electron chi connectivity index (χ0n) is 20.9. The van der Waals surface area contributed by atoms with E-state index in [0.717, 1.165) is 10.9 Å². The lowest BCUT2D eigenvalue weighted by Gasteiger charge is -2.25.